The first-order valence-electron chi connectivity index (χ1n) is 11.3. The van der Waals surface area contributed by atoms with Gasteiger partial charge in [0.15, 0.2) is 0 Å². The molecule has 158 valence electrons. The van der Waals surface area contributed by atoms with Crippen molar-refractivity contribution in [3.05, 3.63) is 59.7 Å². The zero-order valence-electron chi connectivity index (χ0n) is 18.4. The van der Waals surface area contributed by atoms with E-state index in [4.69, 9.17) is 4.74 Å². The molecular formula is C26H33NO2P+. The summed E-state index contributed by atoms with van der Waals surface area (Å²) in [5, 5.41) is 3.37. The quantitative estimate of drug-likeness (QED) is 0.602. The molecule has 2 aromatic rings. The van der Waals surface area contributed by atoms with E-state index in [2.05, 4.69) is 74.4 Å². The number of alkyl carbamates (subject to hydrolysis) is 1. The Kier molecular flexibility index (Phi) is 4.74. The fourth-order valence-corrected chi connectivity index (χ4v) is 12.3. The second kappa shape index (κ2) is 7.09. The van der Waals surface area contributed by atoms with Crippen LogP contribution in [0, 0.1) is 5.41 Å². The number of ether oxygens (including phenoxy) is 1. The maximum Gasteiger partial charge on any atom is 0.407 e. The molecule has 3 nitrogen and oxygen atoms in total. The Bertz CT molecular complexity index is 925. The number of carbonyl (C=O) groups excluding carboxylic acids is 1. The lowest BCUT2D eigenvalue weighted by molar-refractivity contribution is 0.120. The molecule has 0 saturated carbocycles. The summed E-state index contributed by atoms with van der Waals surface area (Å²) in [6.07, 6.45) is 7.13. The van der Waals surface area contributed by atoms with Crippen LogP contribution in [0.2, 0.25) is 0 Å². The minimum atomic E-state index is -0.927. The third-order valence-corrected chi connectivity index (χ3v) is 12.1. The van der Waals surface area contributed by atoms with E-state index in [-0.39, 0.29) is 17.6 Å². The van der Waals surface area contributed by atoms with Crippen molar-refractivity contribution in [1.29, 1.82) is 0 Å². The van der Waals surface area contributed by atoms with Crippen LogP contribution in [-0.2, 0) is 4.74 Å². The Labute approximate surface area is 180 Å². The number of hydrogen-bond acceptors (Lipinski definition) is 2. The summed E-state index contributed by atoms with van der Waals surface area (Å²) in [6, 6.07) is 17.0. The van der Waals surface area contributed by atoms with Gasteiger partial charge in [0.05, 0.1) is 24.0 Å². The summed E-state index contributed by atoms with van der Waals surface area (Å²) in [5.74, 6) is 0.116. The zero-order chi connectivity index (χ0) is 21.0. The van der Waals surface area contributed by atoms with Crippen molar-refractivity contribution in [1.82, 2.24) is 5.32 Å². The molecule has 2 fully saturated rings. The SMILES string of the molecule is CCC1(NC(=O)OCC2c3ccccc3-c3ccccc32)CC2(C)CC[P+](C)(C2)C1. The molecule has 3 aliphatic rings. The molecule has 0 spiro atoms. The molecule has 5 rings (SSSR count). The second-order valence-electron chi connectivity index (χ2n) is 10.5. The molecule has 4 heteroatoms. The highest BCUT2D eigenvalue weighted by Gasteiger charge is 2.60. The van der Waals surface area contributed by atoms with Crippen LogP contribution >= 0.6 is 7.26 Å². The first kappa shape index (κ1) is 20.1. The number of hydrogen-bond donors (Lipinski definition) is 1. The summed E-state index contributed by atoms with van der Waals surface area (Å²) < 4.78 is 5.89. The van der Waals surface area contributed by atoms with Crippen LogP contribution in [0.5, 0.6) is 0 Å². The highest BCUT2D eigenvalue weighted by Crippen LogP contribution is 2.72. The normalized spacial score (nSPS) is 31.8. The van der Waals surface area contributed by atoms with Crippen LogP contribution in [0.25, 0.3) is 11.1 Å². The van der Waals surface area contributed by atoms with Gasteiger partial charge >= 0.3 is 6.09 Å². The van der Waals surface area contributed by atoms with Crippen molar-refractivity contribution >= 4 is 13.4 Å². The molecule has 30 heavy (non-hydrogen) atoms. The van der Waals surface area contributed by atoms with E-state index >= 15 is 0 Å². The van der Waals surface area contributed by atoms with Gasteiger partial charge in [0.2, 0.25) is 0 Å². The van der Waals surface area contributed by atoms with Gasteiger partial charge in [-0.25, -0.2) is 4.79 Å². The smallest absolute Gasteiger partial charge is 0.407 e. The fourth-order valence-electron chi connectivity index (χ4n) is 6.76. The minimum Gasteiger partial charge on any atom is -0.449 e. The molecule has 2 heterocycles. The van der Waals surface area contributed by atoms with Crippen LogP contribution in [0.3, 0.4) is 0 Å². The number of carbonyl (C=O) groups is 1. The number of benzene rings is 2. The van der Waals surface area contributed by atoms with Gasteiger partial charge in [0, 0.05) is 25.3 Å². The van der Waals surface area contributed by atoms with Gasteiger partial charge in [0.1, 0.15) is 6.61 Å². The summed E-state index contributed by atoms with van der Waals surface area (Å²) in [4.78, 5) is 13.0. The van der Waals surface area contributed by atoms with E-state index in [0.29, 0.717) is 12.0 Å². The van der Waals surface area contributed by atoms with Crippen LogP contribution < -0.4 is 5.32 Å². The van der Waals surface area contributed by atoms with E-state index in [0.717, 1.165) is 12.8 Å². The Morgan fingerprint density at radius 2 is 1.73 bits per heavy atom. The van der Waals surface area contributed by atoms with Crippen LogP contribution in [0.4, 0.5) is 4.79 Å². The number of amides is 1. The van der Waals surface area contributed by atoms with Crippen molar-refractivity contribution in [2.24, 2.45) is 5.41 Å². The lowest BCUT2D eigenvalue weighted by atomic mass is 9.76. The van der Waals surface area contributed by atoms with Crippen molar-refractivity contribution < 1.29 is 9.53 Å². The standard InChI is InChI=1S/C26H32NO2P/c1-4-26(16-25(2)13-14-30(3,17-25)18-26)27-24(28)29-15-23-21-11-7-5-9-19(21)20-10-6-8-12-22(20)23/h5-12,23H,4,13-18H2,1-3H3/p+1. The Balaban J connectivity index is 1.31. The van der Waals surface area contributed by atoms with Gasteiger partial charge in [0.25, 0.3) is 0 Å². The lowest BCUT2D eigenvalue weighted by Crippen LogP contribution is -2.56. The number of nitrogens with one attached hydrogen (secondary N) is 1. The van der Waals surface area contributed by atoms with E-state index in [9.17, 15) is 4.79 Å². The third kappa shape index (κ3) is 3.36. The van der Waals surface area contributed by atoms with Gasteiger partial charge in [-0.3, -0.25) is 0 Å². The molecule has 0 aromatic heterocycles. The van der Waals surface area contributed by atoms with E-state index in [1.54, 1.807) is 0 Å². The van der Waals surface area contributed by atoms with Crippen molar-refractivity contribution in [3.8, 4) is 11.1 Å². The van der Waals surface area contributed by atoms with E-state index in [1.165, 1.54) is 47.2 Å². The third-order valence-electron chi connectivity index (χ3n) is 7.86. The van der Waals surface area contributed by atoms with E-state index < -0.39 is 7.26 Å². The molecule has 1 aliphatic carbocycles. The first-order chi connectivity index (χ1) is 14.3. The maximum atomic E-state index is 13.0. The average molecular weight is 423 g/mol. The van der Waals surface area contributed by atoms with Crippen molar-refractivity contribution in [3.63, 3.8) is 0 Å². The van der Waals surface area contributed by atoms with Gasteiger partial charge in [-0.15, -0.1) is 0 Å². The van der Waals surface area contributed by atoms with Gasteiger partial charge < -0.3 is 10.1 Å². The summed E-state index contributed by atoms with van der Waals surface area (Å²) in [7, 11) is -0.927. The molecular weight excluding hydrogens is 389 g/mol. The molecule has 2 aliphatic heterocycles. The van der Waals surface area contributed by atoms with Crippen molar-refractivity contribution in [2.45, 2.75) is 44.6 Å². The molecule has 2 bridgehead atoms. The molecule has 0 radical (unpaired) electrons. The highest BCUT2D eigenvalue weighted by molar-refractivity contribution is 7.75. The van der Waals surface area contributed by atoms with Crippen LogP contribution in [0.1, 0.15) is 50.2 Å². The minimum absolute atomic E-state index is 0.0887. The Morgan fingerprint density at radius 3 is 2.33 bits per heavy atom. The molecule has 3 atom stereocenters. The molecule has 1 amide bonds. The van der Waals surface area contributed by atoms with Crippen LogP contribution in [0.15, 0.2) is 48.5 Å². The lowest BCUT2D eigenvalue weighted by Gasteiger charge is -2.44. The largest absolute Gasteiger partial charge is 0.449 e. The predicted molar refractivity (Wildman–Crippen MR) is 126 cm³/mol. The molecule has 2 aromatic carbocycles. The zero-order valence-corrected chi connectivity index (χ0v) is 19.3. The fraction of sp³-hybridized carbons (Fsp3) is 0.500. The highest BCUT2D eigenvalue weighted by atomic mass is 31.2. The number of rotatable bonds is 4. The van der Waals surface area contributed by atoms with Crippen molar-refractivity contribution in [2.75, 3.05) is 31.8 Å². The molecule has 3 unspecified atom stereocenters. The predicted octanol–water partition coefficient (Wildman–Crippen LogP) is 6.14. The summed E-state index contributed by atoms with van der Waals surface area (Å²) in [6.45, 7) is 7.57. The molecule has 2 saturated heterocycles. The Morgan fingerprint density at radius 1 is 1.10 bits per heavy atom. The van der Waals surface area contributed by atoms with Gasteiger partial charge in [-0.1, -0.05) is 62.4 Å². The Hall–Kier alpha value is -1.86. The monoisotopic (exact) mass is 422 g/mol. The second-order valence-corrected chi connectivity index (χ2v) is 14.8. The summed E-state index contributed by atoms with van der Waals surface area (Å²) >= 11 is 0. The number of fused-ring (bicyclic) bond motifs is 5. The maximum absolute atomic E-state index is 13.0. The van der Waals surface area contributed by atoms with Gasteiger partial charge in [-0.2, -0.15) is 0 Å². The average Bonchev–Trinajstić information content (AvgIpc) is 3.16. The van der Waals surface area contributed by atoms with E-state index in [1.807, 2.05) is 0 Å². The topological polar surface area (TPSA) is 38.3 Å². The van der Waals surface area contributed by atoms with Crippen LogP contribution in [-0.4, -0.2) is 43.4 Å². The van der Waals surface area contributed by atoms with Gasteiger partial charge in [-0.05, 0) is 41.5 Å². The summed E-state index contributed by atoms with van der Waals surface area (Å²) in [5.41, 5.74) is 5.36. The molecule has 1 N–H and O–H groups in total. The first-order valence-corrected chi connectivity index (χ1v) is 14.1.